The van der Waals surface area contributed by atoms with Gasteiger partial charge < -0.3 is 15.2 Å². The Balaban J connectivity index is 1.67. The Morgan fingerprint density at radius 3 is 3.00 bits per heavy atom. The molecule has 2 aromatic rings. The summed E-state index contributed by atoms with van der Waals surface area (Å²) >= 11 is 0. The van der Waals surface area contributed by atoms with Crippen LogP contribution >= 0.6 is 0 Å². The van der Waals surface area contributed by atoms with Crippen LogP contribution < -0.4 is 10.6 Å². The number of fused-ring (bicyclic) bond motifs is 1. The molecule has 116 valence electrons. The quantitative estimate of drug-likeness (QED) is 0.898. The molecule has 2 amide bonds. The summed E-state index contributed by atoms with van der Waals surface area (Å²) in [4.78, 5) is 27.5. The number of rotatable bonds is 4. The van der Waals surface area contributed by atoms with Crippen LogP contribution in [0.5, 0.6) is 0 Å². The van der Waals surface area contributed by atoms with E-state index < -0.39 is 6.04 Å². The predicted molar refractivity (Wildman–Crippen MR) is 83.1 cm³/mol. The van der Waals surface area contributed by atoms with Crippen molar-refractivity contribution in [2.45, 2.75) is 45.3 Å². The minimum Gasteiger partial charge on any atom is -0.350 e. The van der Waals surface area contributed by atoms with Crippen LogP contribution in [-0.2, 0) is 16.1 Å². The number of aromatic nitrogens is 2. The fourth-order valence-electron chi connectivity index (χ4n) is 2.72. The summed E-state index contributed by atoms with van der Waals surface area (Å²) in [5.41, 5.74) is 3.02. The molecular weight excluding hydrogens is 280 g/mol. The number of hydrogen-bond donors (Lipinski definition) is 2. The zero-order valence-corrected chi connectivity index (χ0v) is 12.8. The van der Waals surface area contributed by atoms with Crippen LogP contribution in [0.2, 0.25) is 0 Å². The van der Waals surface area contributed by atoms with Gasteiger partial charge in [-0.25, -0.2) is 4.98 Å². The predicted octanol–water partition coefficient (Wildman–Crippen LogP) is 1.51. The van der Waals surface area contributed by atoms with Crippen molar-refractivity contribution in [1.82, 2.24) is 20.2 Å². The van der Waals surface area contributed by atoms with Crippen LogP contribution in [0, 0.1) is 0 Å². The smallest absolute Gasteiger partial charge is 0.242 e. The van der Waals surface area contributed by atoms with Crippen LogP contribution in [0.1, 0.15) is 38.3 Å². The minimum absolute atomic E-state index is 0.0548. The highest BCUT2D eigenvalue weighted by molar-refractivity contribution is 5.90. The van der Waals surface area contributed by atoms with Gasteiger partial charge in [0.1, 0.15) is 6.04 Å². The fraction of sp³-hybridized carbons (Fsp3) is 0.438. The molecule has 1 aromatic heterocycles. The lowest BCUT2D eigenvalue weighted by Crippen LogP contribution is -2.41. The summed E-state index contributed by atoms with van der Waals surface area (Å²) in [5, 5.41) is 5.54. The average molecular weight is 300 g/mol. The summed E-state index contributed by atoms with van der Waals surface area (Å²) in [5.74, 6) is -0.181. The monoisotopic (exact) mass is 300 g/mol. The Morgan fingerprint density at radius 1 is 1.50 bits per heavy atom. The van der Waals surface area contributed by atoms with Gasteiger partial charge in [0, 0.05) is 19.0 Å². The van der Waals surface area contributed by atoms with Gasteiger partial charge in [-0.3, -0.25) is 9.59 Å². The van der Waals surface area contributed by atoms with Crippen molar-refractivity contribution in [2.24, 2.45) is 0 Å². The van der Waals surface area contributed by atoms with Crippen LogP contribution in [0.3, 0.4) is 0 Å². The van der Waals surface area contributed by atoms with E-state index in [-0.39, 0.29) is 11.8 Å². The number of benzene rings is 1. The molecule has 0 radical (unpaired) electrons. The van der Waals surface area contributed by atoms with Crippen LogP contribution in [0.25, 0.3) is 11.0 Å². The highest BCUT2D eigenvalue weighted by atomic mass is 16.2. The molecule has 6 heteroatoms. The van der Waals surface area contributed by atoms with Crippen molar-refractivity contribution >= 4 is 22.8 Å². The molecule has 1 unspecified atom stereocenters. The standard InChI is InChI=1S/C16H20N4O2/c1-10(2)20-9-18-13-7-11(3-5-14(13)20)8-17-16(22)12-4-6-15(21)19-12/h3,5,7,9-10,12H,4,6,8H2,1-2H3,(H,17,22)(H,19,21). The molecule has 22 heavy (non-hydrogen) atoms. The lowest BCUT2D eigenvalue weighted by Gasteiger charge is -2.11. The molecule has 2 N–H and O–H groups in total. The molecule has 2 heterocycles. The second-order valence-corrected chi connectivity index (χ2v) is 5.95. The van der Waals surface area contributed by atoms with E-state index >= 15 is 0 Å². The molecule has 1 aliphatic rings. The molecular formula is C16H20N4O2. The maximum absolute atomic E-state index is 12.0. The van der Waals surface area contributed by atoms with E-state index in [4.69, 9.17) is 0 Å². The van der Waals surface area contributed by atoms with Crippen molar-refractivity contribution in [3.63, 3.8) is 0 Å². The van der Waals surface area contributed by atoms with E-state index in [0.29, 0.717) is 25.4 Å². The first kappa shape index (κ1) is 14.6. The molecule has 1 saturated heterocycles. The number of hydrogen-bond acceptors (Lipinski definition) is 3. The van der Waals surface area contributed by atoms with Gasteiger partial charge in [-0.2, -0.15) is 0 Å². The van der Waals surface area contributed by atoms with E-state index in [1.165, 1.54) is 0 Å². The molecule has 3 rings (SSSR count). The molecule has 0 aliphatic carbocycles. The first-order valence-electron chi connectivity index (χ1n) is 7.57. The summed E-state index contributed by atoms with van der Waals surface area (Å²) in [6.45, 7) is 4.67. The molecule has 0 saturated carbocycles. The van der Waals surface area contributed by atoms with Gasteiger partial charge in [0.05, 0.1) is 17.4 Å². The number of nitrogens with zero attached hydrogens (tertiary/aromatic N) is 2. The van der Waals surface area contributed by atoms with Crippen LogP contribution in [0.4, 0.5) is 0 Å². The molecule has 6 nitrogen and oxygen atoms in total. The highest BCUT2D eigenvalue weighted by Gasteiger charge is 2.26. The average Bonchev–Trinajstić information content (AvgIpc) is 3.10. The maximum Gasteiger partial charge on any atom is 0.242 e. The Hall–Kier alpha value is -2.37. The van der Waals surface area contributed by atoms with Crippen molar-refractivity contribution < 1.29 is 9.59 Å². The fourth-order valence-corrected chi connectivity index (χ4v) is 2.72. The largest absolute Gasteiger partial charge is 0.350 e. The summed E-state index contributed by atoms with van der Waals surface area (Å²) in [6, 6.07) is 5.98. The number of carbonyl (C=O) groups is 2. The third-order valence-corrected chi connectivity index (χ3v) is 3.97. The lowest BCUT2D eigenvalue weighted by molar-refractivity contribution is -0.125. The molecule has 0 spiro atoms. The minimum atomic E-state index is -0.392. The van der Waals surface area contributed by atoms with Crippen molar-refractivity contribution in [3.05, 3.63) is 30.1 Å². The van der Waals surface area contributed by atoms with Crippen molar-refractivity contribution in [2.75, 3.05) is 0 Å². The molecule has 0 bridgehead atoms. The summed E-state index contributed by atoms with van der Waals surface area (Å²) in [7, 11) is 0. The molecule has 1 atom stereocenters. The number of nitrogens with one attached hydrogen (secondary N) is 2. The van der Waals surface area contributed by atoms with Crippen LogP contribution in [0.15, 0.2) is 24.5 Å². The van der Waals surface area contributed by atoms with E-state index in [2.05, 4.69) is 34.0 Å². The van der Waals surface area contributed by atoms with Gasteiger partial charge in [-0.05, 0) is 38.0 Å². The lowest BCUT2D eigenvalue weighted by atomic mass is 10.1. The highest BCUT2D eigenvalue weighted by Crippen LogP contribution is 2.18. The number of carbonyl (C=O) groups excluding carboxylic acids is 2. The first-order valence-corrected chi connectivity index (χ1v) is 7.57. The second kappa shape index (κ2) is 5.79. The van der Waals surface area contributed by atoms with Gasteiger partial charge in [0.15, 0.2) is 0 Å². The number of amides is 2. The normalized spacial score (nSPS) is 18.0. The zero-order chi connectivity index (χ0) is 15.7. The maximum atomic E-state index is 12.0. The molecule has 1 fully saturated rings. The third-order valence-electron chi connectivity index (χ3n) is 3.97. The van der Waals surface area contributed by atoms with E-state index in [0.717, 1.165) is 16.6 Å². The molecule has 1 aromatic carbocycles. The Bertz CT molecular complexity index is 720. The first-order chi connectivity index (χ1) is 10.5. The zero-order valence-electron chi connectivity index (χ0n) is 12.8. The van der Waals surface area contributed by atoms with Crippen molar-refractivity contribution in [1.29, 1.82) is 0 Å². The Kier molecular flexibility index (Phi) is 3.83. The summed E-state index contributed by atoms with van der Waals surface area (Å²) in [6.07, 6.45) is 2.84. The van der Waals surface area contributed by atoms with E-state index in [1.54, 1.807) is 0 Å². The van der Waals surface area contributed by atoms with Crippen LogP contribution in [-0.4, -0.2) is 27.4 Å². The van der Waals surface area contributed by atoms with Gasteiger partial charge in [0.2, 0.25) is 11.8 Å². The summed E-state index contributed by atoms with van der Waals surface area (Å²) < 4.78 is 2.12. The van der Waals surface area contributed by atoms with Gasteiger partial charge in [0.25, 0.3) is 0 Å². The second-order valence-electron chi connectivity index (χ2n) is 5.95. The number of imidazole rings is 1. The Labute approximate surface area is 128 Å². The SMILES string of the molecule is CC(C)n1cnc2cc(CNC(=O)C3CCC(=O)N3)ccc21. The van der Waals surface area contributed by atoms with E-state index in [1.807, 2.05) is 24.5 Å². The Morgan fingerprint density at radius 2 is 2.32 bits per heavy atom. The molecule has 1 aliphatic heterocycles. The van der Waals surface area contributed by atoms with Gasteiger partial charge in [-0.1, -0.05) is 6.07 Å². The topological polar surface area (TPSA) is 76.0 Å². The van der Waals surface area contributed by atoms with Gasteiger partial charge >= 0.3 is 0 Å². The third kappa shape index (κ3) is 2.81. The van der Waals surface area contributed by atoms with Gasteiger partial charge in [-0.15, -0.1) is 0 Å². The van der Waals surface area contributed by atoms with Crippen molar-refractivity contribution in [3.8, 4) is 0 Å². The van der Waals surface area contributed by atoms with E-state index in [9.17, 15) is 9.59 Å².